The predicted molar refractivity (Wildman–Crippen MR) is 74.9 cm³/mol. The van der Waals surface area contributed by atoms with Crippen LogP contribution in [0, 0.1) is 12.3 Å². The van der Waals surface area contributed by atoms with Crippen molar-refractivity contribution in [1.82, 2.24) is 15.5 Å². The monoisotopic (exact) mass is 290 g/mol. The molecule has 110 valence electrons. The molecule has 6 nitrogen and oxygen atoms in total. The standard InChI is InChI=1S/C12H22N4O2.ClH/c1-5-12(6-2,7-13)11(17)14-8(3)10-15-9(4)16-18-10;/h8H,5-7,13H2,1-4H3,(H,14,17);1H. The van der Waals surface area contributed by atoms with Crippen LogP contribution in [0.1, 0.15) is 51.4 Å². The fraction of sp³-hybridized carbons (Fsp3) is 0.750. The van der Waals surface area contributed by atoms with Crippen molar-refractivity contribution in [3.05, 3.63) is 11.7 Å². The van der Waals surface area contributed by atoms with Gasteiger partial charge in [-0.3, -0.25) is 4.79 Å². The molecule has 0 aromatic carbocycles. The molecular formula is C12H23ClN4O2. The Labute approximate surface area is 119 Å². The van der Waals surface area contributed by atoms with E-state index in [1.807, 2.05) is 20.8 Å². The highest BCUT2D eigenvalue weighted by atomic mass is 35.5. The minimum atomic E-state index is -0.511. The second-order valence-electron chi connectivity index (χ2n) is 4.57. The van der Waals surface area contributed by atoms with Crippen molar-refractivity contribution < 1.29 is 9.32 Å². The summed E-state index contributed by atoms with van der Waals surface area (Å²) in [6.07, 6.45) is 1.42. The molecule has 0 aliphatic carbocycles. The summed E-state index contributed by atoms with van der Waals surface area (Å²) in [4.78, 5) is 16.4. The van der Waals surface area contributed by atoms with Gasteiger partial charge in [-0.05, 0) is 26.7 Å². The first-order valence-corrected chi connectivity index (χ1v) is 6.30. The Balaban J connectivity index is 0.00000324. The van der Waals surface area contributed by atoms with Crippen LogP contribution in [0.5, 0.6) is 0 Å². The number of rotatable bonds is 6. The minimum absolute atomic E-state index is 0. The Hall–Kier alpha value is -1.14. The Morgan fingerprint density at radius 2 is 2.05 bits per heavy atom. The molecule has 0 bridgehead atoms. The lowest BCUT2D eigenvalue weighted by Gasteiger charge is -2.29. The van der Waals surface area contributed by atoms with Gasteiger partial charge in [-0.2, -0.15) is 4.98 Å². The lowest BCUT2D eigenvalue weighted by atomic mass is 9.81. The molecule has 0 saturated heterocycles. The van der Waals surface area contributed by atoms with E-state index in [2.05, 4.69) is 15.5 Å². The quantitative estimate of drug-likeness (QED) is 0.832. The molecule has 1 unspecified atom stereocenters. The number of nitrogens with one attached hydrogen (secondary N) is 1. The largest absolute Gasteiger partial charge is 0.344 e. The zero-order chi connectivity index (χ0) is 13.8. The lowest BCUT2D eigenvalue weighted by Crippen LogP contribution is -2.46. The first-order valence-electron chi connectivity index (χ1n) is 6.30. The fourth-order valence-electron chi connectivity index (χ4n) is 1.85. The van der Waals surface area contributed by atoms with Crippen molar-refractivity contribution in [2.24, 2.45) is 11.1 Å². The second-order valence-corrected chi connectivity index (χ2v) is 4.57. The highest BCUT2D eigenvalue weighted by Gasteiger charge is 2.34. The van der Waals surface area contributed by atoms with E-state index >= 15 is 0 Å². The summed E-state index contributed by atoms with van der Waals surface area (Å²) in [5.74, 6) is 0.916. The third-order valence-corrected chi connectivity index (χ3v) is 3.49. The maximum Gasteiger partial charge on any atom is 0.248 e. The highest BCUT2D eigenvalue weighted by molar-refractivity contribution is 5.85. The molecule has 1 atom stereocenters. The third kappa shape index (κ3) is 3.91. The van der Waals surface area contributed by atoms with E-state index in [0.29, 0.717) is 31.1 Å². The minimum Gasteiger partial charge on any atom is -0.344 e. The van der Waals surface area contributed by atoms with Gasteiger partial charge >= 0.3 is 0 Å². The van der Waals surface area contributed by atoms with E-state index in [1.54, 1.807) is 6.92 Å². The Morgan fingerprint density at radius 3 is 2.42 bits per heavy atom. The average molecular weight is 291 g/mol. The maximum absolute atomic E-state index is 12.3. The first-order chi connectivity index (χ1) is 8.49. The van der Waals surface area contributed by atoms with E-state index in [0.717, 1.165) is 0 Å². The molecule has 0 radical (unpaired) electrons. The zero-order valence-corrected chi connectivity index (χ0v) is 12.7. The van der Waals surface area contributed by atoms with Crippen LogP contribution in [0.3, 0.4) is 0 Å². The van der Waals surface area contributed by atoms with Gasteiger partial charge in [-0.1, -0.05) is 19.0 Å². The molecule has 1 heterocycles. The normalized spacial score (nSPS) is 12.7. The third-order valence-electron chi connectivity index (χ3n) is 3.49. The Bertz CT molecular complexity index is 396. The van der Waals surface area contributed by atoms with Crippen molar-refractivity contribution in [1.29, 1.82) is 0 Å². The Morgan fingerprint density at radius 1 is 1.47 bits per heavy atom. The topological polar surface area (TPSA) is 94.0 Å². The van der Waals surface area contributed by atoms with Gasteiger partial charge in [0.2, 0.25) is 11.8 Å². The van der Waals surface area contributed by atoms with E-state index in [-0.39, 0.29) is 24.4 Å². The number of aromatic nitrogens is 2. The number of hydrogen-bond donors (Lipinski definition) is 2. The van der Waals surface area contributed by atoms with Gasteiger partial charge in [0.15, 0.2) is 5.82 Å². The molecule has 1 rings (SSSR count). The average Bonchev–Trinajstić information content (AvgIpc) is 2.79. The molecular weight excluding hydrogens is 268 g/mol. The summed E-state index contributed by atoms with van der Waals surface area (Å²) in [7, 11) is 0. The summed E-state index contributed by atoms with van der Waals surface area (Å²) in [6.45, 7) is 7.83. The van der Waals surface area contributed by atoms with Crippen LogP contribution in [-0.2, 0) is 4.79 Å². The van der Waals surface area contributed by atoms with E-state index in [4.69, 9.17) is 10.3 Å². The molecule has 1 aromatic rings. The van der Waals surface area contributed by atoms with Crippen molar-refractivity contribution >= 4 is 18.3 Å². The number of carbonyl (C=O) groups excluding carboxylic acids is 1. The molecule has 0 spiro atoms. The van der Waals surface area contributed by atoms with Crippen LogP contribution < -0.4 is 11.1 Å². The Kier molecular flexibility index (Phi) is 7.00. The summed E-state index contributed by atoms with van der Waals surface area (Å²) in [6, 6.07) is -0.303. The number of carbonyl (C=O) groups is 1. The number of nitrogens with two attached hydrogens (primary N) is 1. The van der Waals surface area contributed by atoms with Crippen molar-refractivity contribution in [3.63, 3.8) is 0 Å². The molecule has 0 aliphatic rings. The maximum atomic E-state index is 12.3. The van der Waals surface area contributed by atoms with E-state index in [9.17, 15) is 4.79 Å². The lowest BCUT2D eigenvalue weighted by molar-refractivity contribution is -0.131. The number of aryl methyl sites for hydroxylation is 1. The van der Waals surface area contributed by atoms with Gasteiger partial charge in [0.1, 0.15) is 6.04 Å². The van der Waals surface area contributed by atoms with Crippen molar-refractivity contribution in [3.8, 4) is 0 Å². The first kappa shape index (κ1) is 17.9. The summed E-state index contributed by atoms with van der Waals surface area (Å²) in [5.41, 5.74) is 5.23. The van der Waals surface area contributed by atoms with E-state index in [1.165, 1.54) is 0 Å². The van der Waals surface area contributed by atoms with Gasteiger partial charge in [0.05, 0.1) is 5.41 Å². The molecule has 19 heavy (non-hydrogen) atoms. The van der Waals surface area contributed by atoms with Crippen LogP contribution in [0.15, 0.2) is 4.52 Å². The molecule has 3 N–H and O–H groups in total. The predicted octanol–water partition coefficient (Wildman–Crippen LogP) is 1.74. The molecule has 1 amide bonds. The number of halogens is 1. The van der Waals surface area contributed by atoms with Gasteiger partial charge in [0.25, 0.3) is 0 Å². The SMILES string of the molecule is CCC(CC)(CN)C(=O)NC(C)c1nc(C)no1.Cl. The van der Waals surface area contributed by atoms with Crippen LogP contribution in [0.25, 0.3) is 0 Å². The summed E-state index contributed by atoms with van der Waals surface area (Å²) in [5, 5.41) is 6.59. The number of amides is 1. The van der Waals surface area contributed by atoms with Crippen LogP contribution in [0.2, 0.25) is 0 Å². The molecule has 0 saturated carbocycles. The second kappa shape index (κ2) is 7.45. The summed E-state index contributed by atoms with van der Waals surface area (Å²) >= 11 is 0. The van der Waals surface area contributed by atoms with Crippen molar-refractivity contribution in [2.45, 2.75) is 46.6 Å². The van der Waals surface area contributed by atoms with Crippen LogP contribution >= 0.6 is 12.4 Å². The fourth-order valence-corrected chi connectivity index (χ4v) is 1.85. The highest BCUT2D eigenvalue weighted by Crippen LogP contribution is 2.26. The van der Waals surface area contributed by atoms with E-state index < -0.39 is 5.41 Å². The van der Waals surface area contributed by atoms with Gasteiger partial charge in [0, 0.05) is 6.54 Å². The molecule has 0 fully saturated rings. The zero-order valence-electron chi connectivity index (χ0n) is 11.9. The molecule has 1 aromatic heterocycles. The van der Waals surface area contributed by atoms with Crippen LogP contribution in [-0.4, -0.2) is 22.6 Å². The van der Waals surface area contributed by atoms with Gasteiger partial charge in [-0.25, -0.2) is 0 Å². The smallest absolute Gasteiger partial charge is 0.248 e. The molecule has 7 heteroatoms. The van der Waals surface area contributed by atoms with Crippen LogP contribution in [0.4, 0.5) is 0 Å². The summed E-state index contributed by atoms with van der Waals surface area (Å²) < 4.78 is 5.03. The van der Waals surface area contributed by atoms with Gasteiger partial charge < -0.3 is 15.6 Å². The van der Waals surface area contributed by atoms with Crippen molar-refractivity contribution in [2.75, 3.05) is 6.54 Å². The number of nitrogens with zero attached hydrogens (tertiary/aromatic N) is 2. The van der Waals surface area contributed by atoms with Gasteiger partial charge in [-0.15, -0.1) is 12.4 Å². The molecule has 0 aliphatic heterocycles. The number of hydrogen-bond acceptors (Lipinski definition) is 5.